The van der Waals surface area contributed by atoms with Gasteiger partial charge in [0.1, 0.15) is 0 Å². The molecule has 0 fully saturated rings. The molecule has 0 saturated heterocycles. The standard InChI is InChI=1S/C18H19NO/c1-18(16-10-6-3-7-11-16)14-17(19-20-18)13-12-15-8-4-2-5-9-15/h2-11H,12-14H2,1H3. The highest BCUT2D eigenvalue weighted by molar-refractivity contribution is 5.86. The number of benzene rings is 2. The maximum absolute atomic E-state index is 5.72. The Labute approximate surface area is 120 Å². The lowest BCUT2D eigenvalue weighted by molar-refractivity contribution is -0.00738. The van der Waals surface area contributed by atoms with Gasteiger partial charge in [0.15, 0.2) is 5.60 Å². The Morgan fingerprint density at radius 2 is 1.60 bits per heavy atom. The molecule has 2 nitrogen and oxygen atoms in total. The predicted molar refractivity (Wildman–Crippen MR) is 81.7 cm³/mol. The molecule has 2 heteroatoms. The number of nitrogens with zero attached hydrogens (tertiary/aromatic N) is 1. The van der Waals surface area contributed by atoms with Gasteiger partial charge in [0.25, 0.3) is 0 Å². The minimum absolute atomic E-state index is 0.298. The first-order chi connectivity index (χ1) is 9.76. The van der Waals surface area contributed by atoms with Crippen LogP contribution in [0.5, 0.6) is 0 Å². The monoisotopic (exact) mass is 265 g/mol. The highest BCUT2D eigenvalue weighted by Crippen LogP contribution is 2.35. The van der Waals surface area contributed by atoms with Gasteiger partial charge in [-0.3, -0.25) is 0 Å². The lowest BCUT2D eigenvalue weighted by Gasteiger charge is -2.21. The van der Waals surface area contributed by atoms with Gasteiger partial charge in [-0.25, -0.2) is 0 Å². The van der Waals surface area contributed by atoms with Crippen molar-refractivity contribution >= 4 is 5.71 Å². The molecule has 0 spiro atoms. The van der Waals surface area contributed by atoms with Crippen molar-refractivity contribution in [2.45, 2.75) is 31.8 Å². The minimum Gasteiger partial charge on any atom is -0.384 e. The summed E-state index contributed by atoms with van der Waals surface area (Å²) < 4.78 is 0. The summed E-state index contributed by atoms with van der Waals surface area (Å²) in [5, 5.41) is 4.30. The first-order valence-electron chi connectivity index (χ1n) is 7.10. The molecule has 0 saturated carbocycles. The summed E-state index contributed by atoms with van der Waals surface area (Å²) >= 11 is 0. The second kappa shape index (κ2) is 5.49. The zero-order valence-corrected chi connectivity index (χ0v) is 11.8. The summed E-state index contributed by atoms with van der Waals surface area (Å²) in [6, 6.07) is 20.9. The molecule has 1 aliphatic heterocycles. The smallest absolute Gasteiger partial charge is 0.165 e. The van der Waals surface area contributed by atoms with E-state index in [0.717, 1.165) is 25.0 Å². The summed E-state index contributed by atoms with van der Waals surface area (Å²) in [4.78, 5) is 5.72. The van der Waals surface area contributed by atoms with Gasteiger partial charge in [0, 0.05) is 6.42 Å². The second-order valence-electron chi connectivity index (χ2n) is 5.51. The Morgan fingerprint density at radius 3 is 2.30 bits per heavy atom. The van der Waals surface area contributed by atoms with E-state index in [1.807, 2.05) is 24.3 Å². The Hall–Kier alpha value is -2.09. The maximum atomic E-state index is 5.72. The highest BCUT2D eigenvalue weighted by atomic mass is 16.7. The third kappa shape index (κ3) is 2.74. The molecule has 0 aromatic heterocycles. The molecule has 2 aromatic rings. The lowest BCUT2D eigenvalue weighted by Crippen LogP contribution is -2.21. The second-order valence-corrected chi connectivity index (χ2v) is 5.51. The van der Waals surface area contributed by atoms with Crippen LogP contribution in [-0.2, 0) is 16.9 Å². The highest BCUT2D eigenvalue weighted by Gasteiger charge is 2.35. The number of hydrogen-bond acceptors (Lipinski definition) is 2. The zero-order valence-electron chi connectivity index (χ0n) is 11.8. The molecule has 0 N–H and O–H groups in total. The van der Waals surface area contributed by atoms with Crippen LogP contribution < -0.4 is 0 Å². The van der Waals surface area contributed by atoms with Crippen molar-refractivity contribution in [3.63, 3.8) is 0 Å². The van der Waals surface area contributed by atoms with Gasteiger partial charge in [0.2, 0.25) is 0 Å². The summed E-state index contributed by atoms with van der Waals surface area (Å²) in [7, 11) is 0. The maximum Gasteiger partial charge on any atom is 0.165 e. The molecule has 1 unspecified atom stereocenters. The number of hydrogen-bond donors (Lipinski definition) is 0. The van der Waals surface area contributed by atoms with E-state index in [1.165, 1.54) is 11.1 Å². The van der Waals surface area contributed by atoms with Crippen LogP contribution in [0.2, 0.25) is 0 Å². The van der Waals surface area contributed by atoms with Gasteiger partial charge in [0.05, 0.1) is 5.71 Å². The quantitative estimate of drug-likeness (QED) is 0.807. The fraction of sp³-hybridized carbons (Fsp3) is 0.278. The Morgan fingerprint density at radius 1 is 0.950 bits per heavy atom. The van der Waals surface area contributed by atoms with Crippen LogP contribution in [0.25, 0.3) is 0 Å². The van der Waals surface area contributed by atoms with Gasteiger partial charge in [-0.1, -0.05) is 65.8 Å². The van der Waals surface area contributed by atoms with Crippen molar-refractivity contribution in [1.82, 2.24) is 0 Å². The number of aryl methyl sites for hydroxylation is 1. The molecule has 20 heavy (non-hydrogen) atoms. The Balaban J connectivity index is 1.62. The Bertz CT molecular complexity index is 591. The van der Waals surface area contributed by atoms with Gasteiger partial charge in [-0.05, 0) is 30.9 Å². The third-order valence-electron chi connectivity index (χ3n) is 3.85. The number of oxime groups is 1. The van der Waals surface area contributed by atoms with E-state index in [9.17, 15) is 0 Å². The largest absolute Gasteiger partial charge is 0.384 e. The van der Waals surface area contributed by atoms with Crippen LogP contribution in [0.3, 0.4) is 0 Å². The summed E-state index contributed by atoms with van der Waals surface area (Å²) in [5.74, 6) is 0. The van der Waals surface area contributed by atoms with Crippen molar-refractivity contribution < 1.29 is 4.84 Å². The van der Waals surface area contributed by atoms with Gasteiger partial charge < -0.3 is 4.84 Å². The van der Waals surface area contributed by atoms with Crippen molar-refractivity contribution in [2.75, 3.05) is 0 Å². The van der Waals surface area contributed by atoms with E-state index in [0.29, 0.717) is 0 Å². The molecule has 0 aliphatic carbocycles. The molecule has 0 amide bonds. The molecule has 102 valence electrons. The molecular formula is C18H19NO. The summed E-state index contributed by atoms with van der Waals surface area (Å²) in [6.45, 7) is 2.11. The molecule has 1 heterocycles. The molecule has 2 aromatic carbocycles. The Kier molecular flexibility index (Phi) is 3.55. The van der Waals surface area contributed by atoms with Crippen LogP contribution in [0, 0.1) is 0 Å². The molecule has 3 rings (SSSR count). The zero-order chi connectivity index (χ0) is 13.8. The number of rotatable bonds is 4. The molecule has 0 radical (unpaired) electrons. The normalized spacial score (nSPS) is 21.4. The van der Waals surface area contributed by atoms with Crippen LogP contribution >= 0.6 is 0 Å². The van der Waals surface area contributed by atoms with E-state index in [1.54, 1.807) is 0 Å². The average Bonchev–Trinajstić information content (AvgIpc) is 2.90. The van der Waals surface area contributed by atoms with Gasteiger partial charge in [-0.2, -0.15) is 0 Å². The van der Waals surface area contributed by atoms with Crippen molar-refractivity contribution in [2.24, 2.45) is 5.16 Å². The third-order valence-corrected chi connectivity index (χ3v) is 3.85. The van der Waals surface area contributed by atoms with E-state index >= 15 is 0 Å². The van der Waals surface area contributed by atoms with Crippen LogP contribution in [-0.4, -0.2) is 5.71 Å². The van der Waals surface area contributed by atoms with Crippen LogP contribution in [0.1, 0.15) is 30.9 Å². The van der Waals surface area contributed by atoms with Crippen molar-refractivity contribution in [1.29, 1.82) is 0 Å². The van der Waals surface area contributed by atoms with E-state index in [-0.39, 0.29) is 5.60 Å². The molecule has 1 atom stereocenters. The van der Waals surface area contributed by atoms with Crippen LogP contribution in [0.15, 0.2) is 65.8 Å². The topological polar surface area (TPSA) is 21.6 Å². The predicted octanol–water partition coefficient (Wildman–Crippen LogP) is 4.31. The first kappa shape index (κ1) is 12.9. The summed E-state index contributed by atoms with van der Waals surface area (Å²) in [5.41, 5.74) is 3.40. The van der Waals surface area contributed by atoms with Crippen molar-refractivity contribution in [3.05, 3.63) is 71.8 Å². The lowest BCUT2D eigenvalue weighted by atomic mass is 9.89. The van der Waals surface area contributed by atoms with Crippen molar-refractivity contribution in [3.8, 4) is 0 Å². The van der Waals surface area contributed by atoms with E-state index in [4.69, 9.17) is 4.84 Å². The minimum atomic E-state index is -0.298. The molecule has 1 aliphatic rings. The summed E-state index contributed by atoms with van der Waals surface area (Å²) in [6.07, 6.45) is 2.87. The molecular weight excluding hydrogens is 246 g/mol. The van der Waals surface area contributed by atoms with E-state index in [2.05, 4.69) is 48.5 Å². The van der Waals surface area contributed by atoms with Gasteiger partial charge >= 0.3 is 0 Å². The fourth-order valence-corrected chi connectivity index (χ4v) is 2.63. The van der Waals surface area contributed by atoms with E-state index < -0.39 is 0 Å². The fourth-order valence-electron chi connectivity index (χ4n) is 2.63. The molecule has 0 bridgehead atoms. The van der Waals surface area contributed by atoms with Crippen LogP contribution in [0.4, 0.5) is 0 Å². The SMILES string of the molecule is CC1(c2ccccc2)CC(CCc2ccccc2)=NO1. The average molecular weight is 265 g/mol. The first-order valence-corrected chi connectivity index (χ1v) is 7.10. The van der Waals surface area contributed by atoms with Gasteiger partial charge in [-0.15, -0.1) is 0 Å².